The van der Waals surface area contributed by atoms with E-state index < -0.39 is 5.97 Å². The largest absolute Gasteiger partial charge is 0.480 e. The number of aliphatic carboxylic acids is 1. The highest BCUT2D eigenvalue weighted by Crippen LogP contribution is 2.07. The molecular weight excluding hydrogens is 306 g/mol. The van der Waals surface area contributed by atoms with Crippen LogP contribution in [0.4, 0.5) is 4.39 Å². The standard InChI is InChI=1S/C7H14N2O2.C6H4ClF.ClH/c1-8-2-4-9(5-3-8)6-7(10)11;7-5-2-1-3-6(8)4-5;/h2-6H2,1H3,(H,10,11);1-4H;1H. The lowest BCUT2D eigenvalue weighted by molar-refractivity contribution is -0.138. The van der Waals surface area contributed by atoms with Crippen LogP contribution in [0.1, 0.15) is 0 Å². The Kier molecular flexibility index (Phi) is 9.50. The summed E-state index contributed by atoms with van der Waals surface area (Å²) in [7, 11) is 2.05. The van der Waals surface area contributed by atoms with Gasteiger partial charge in [0.15, 0.2) is 0 Å². The zero-order valence-electron chi connectivity index (χ0n) is 11.3. The predicted octanol–water partition coefficient (Wildman–Crippen LogP) is 2.22. The van der Waals surface area contributed by atoms with Crippen molar-refractivity contribution in [3.63, 3.8) is 0 Å². The summed E-state index contributed by atoms with van der Waals surface area (Å²) in [6.45, 7) is 3.90. The second kappa shape index (κ2) is 9.94. The summed E-state index contributed by atoms with van der Waals surface area (Å²) in [6, 6.07) is 5.82. The van der Waals surface area contributed by atoms with E-state index in [1.54, 1.807) is 12.1 Å². The fraction of sp³-hybridized carbons (Fsp3) is 0.462. The lowest BCUT2D eigenvalue weighted by atomic mass is 10.3. The van der Waals surface area contributed by atoms with Crippen LogP contribution in [0.5, 0.6) is 0 Å². The van der Waals surface area contributed by atoms with Crippen molar-refractivity contribution in [2.45, 2.75) is 0 Å². The fourth-order valence-electron chi connectivity index (χ4n) is 1.66. The van der Waals surface area contributed by atoms with Crippen LogP contribution in [0.3, 0.4) is 0 Å². The SMILES string of the molecule is CN1CCN(CC(=O)O)CC1.Cl.Fc1cccc(Cl)c1. The molecule has 1 fully saturated rings. The number of likely N-dealkylation sites (N-methyl/N-ethyl adjacent to an activating group) is 1. The van der Waals surface area contributed by atoms with E-state index in [0.29, 0.717) is 5.02 Å². The first-order valence-electron chi connectivity index (χ1n) is 6.01. The molecule has 20 heavy (non-hydrogen) atoms. The number of nitrogens with zero attached hydrogens (tertiary/aromatic N) is 2. The second-order valence-electron chi connectivity index (χ2n) is 4.41. The molecule has 0 amide bonds. The molecule has 0 unspecified atom stereocenters. The minimum atomic E-state index is -0.727. The Bertz CT molecular complexity index is 396. The number of rotatable bonds is 2. The smallest absolute Gasteiger partial charge is 0.317 e. The van der Waals surface area contributed by atoms with E-state index in [1.807, 2.05) is 4.90 Å². The van der Waals surface area contributed by atoms with E-state index in [4.69, 9.17) is 16.7 Å². The van der Waals surface area contributed by atoms with Gasteiger partial charge in [0, 0.05) is 31.2 Å². The van der Waals surface area contributed by atoms with Crippen molar-refractivity contribution in [2.75, 3.05) is 39.8 Å². The Balaban J connectivity index is 0.000000359. The van der Waals surface area contributed by atoms with Gasteiger partial charge in [0.05, 0.1) is 6.54 Å². The molecule has 4 nitrogen and oxygen atoms in total. The first kappa shape index (κ1) is 19.1. The fourth-order valence-corrected chi connectivity index (χ4v) is 1.83. The molecule has 0 atom stereocenters. The Morgan fingerprint density at radius 2 is 1.95 bits per heavy atom. The van der Waals surface area contributed by atoms with Gasteiger partial charge in [-0.15, -0.1) is 12.4 Å². The highest BCUT2D eigenvalue weighted by atomic mass is 35.5. The molecule has 1 aliphatic rings. The highest BCUT2D eigenvalue weighted by molar-refractivity contribution is 6.30. The molecule has 2 rings (SSSR count). The zero-order valence-corrected chi connectivity index (χ0v) is 12.8. The molecule has 0 saturated carbocycles. The van der Waals surface area contributed by atoms with E-state index in [0.717, 1.165) is 26.2 Å². The second-order valence-corrected chi connectivity index (χ2v) is 4.85. The lowest BCUT2D eigenvalue weighted by Gasteiger charge is -2.30. The molecule has 0 aliphatic carbocycles. The maximum absolute atomic E-state index is 12.1. The van der Waals surface area contributed by atoms with Crippen LogP contribution in [0.25, 0.3) is 0 Å². The molecule has 0 bridgehead atoms. The van der Waals surface area contributed by atoms with Crippen LogP contribution in [-0.2, 0) is 4.79 Å². The average Bonchev–Trinajstić information content (AvgIpc) is 2.32. The number of hydrogen-bond donors (Lipinski definition) is 1. The quantitative estimate of drug-likeness (QED) is 0.906. The van der Waals surface area contributed by atoms with Crippen LogP contribution < -0.4 is 0 Å². The molecule has 7 heteroatoms. The molecule has 0 aromatic heterocycles. The molecule has 1 aromatic carbocycles. The zero-order chi connectivity index (χ0) is 14.3. The summed E-state index contributed by atoms with van der Waals surface area (Å²) in [5, 5.41) is 8.91. The van der Waals surface area contributed by atoms with Gasteiger partial charge in [-0.05, 0) is 25.2 Å². The topological polar surface area (TPSA) is 43.8 Å². The maximum Gasteiger partial charge on any atom is 0.317 e. The van der Waals surface area contributed by atoms with Crippen LogP contribution in [0.15, 0.2) is 24.3 Å². The van der Waals surface area contributed by atoms with E-state index in [1.165, 1.54) is 12.1 Å². The average molecular weight is 325 g/mol. The first-order chi connectivity index (χ1) is 8.97. The first-order valence-corrected chi connectivity index (χ1v) is 6.39. The van der Waals surface area contributed by atoms with E-state index in [-0.39, 0.29) is 24.8 Å². The van der Waals surface area contributed by atoms with Crippen molar-refractivity contribution >= 4 is 30.0 Å². The number of benzene rings is 1. The number of carboxylic acid groups (broad SMARTS) is 1. The van der Waals surface area contributed by atoms with Gasteiger partial charge in [-0.1, -0.05) is 17.7 Å². The van der Waals surface area contributed by atoms with Gasteiger partial charge in [0.25, 0.3) is 0 Å². The summed E-state index contributed by atoms with van der Waals surface area (Å²) in [6.07, 6.45) is 0. The Morgan fingerprint density at radius 3 is 2.35 bits per heavy atom. The molecule has 0 radical (unpaired) electrons. The number of halogens is 3. The van der Waals surface area contributed by atoms with Crippen molar-refractivity contribution in [1.29, 1.82) is 0 Å². The van der Waals surface area contributed by atoms with Crippen LogP contribution in [0, 0.1) is 5.82 Å². The Morgan fingerprint density at radius 1 is 1.35 bits per heavy atom. The number of hydrogen-bond acceptors (Lipinski definition) is 3. The normalized spacial score (nSPS) is 15.8. The van der Waals surface area contributed by atoms with Crippen molar-refractivity contribution in [1.82, 2.24) is 9.80 Å². The number of carbonyl (C=O) groups is 1. The molecule has 0 spiro atoms. The summed E-state index contributed by atoms with van der Waals surface area (Å²) in [5.74, 6) is -1.02. The van der Waals surface area contributed by atoms with Crippen LogP contribution in [0.2, 0.25) is 5.02 Å². The molecule has 1 N–H and O–H groups in total. The van der Waals surface area contributed by atoms with Gasteiger partial charge in [-0.3, -0.25) is 9.69 Å². The number of carboxylic acids is 1. The van der Waals surface area contributed by atoms with Gasteiger partial charge >= 0.3 is 5.97 Å². The van der Waals surface area contributed by atoms with Gasteiger partial charge in [0.1, 0.15) is 5.82 Å². The van der Waals surface area contributed by atoms with Gasteiger partial charge in [-0.2, -0.15) is 0 Å². The molecule has 1 saturated heterocycles. The van der Waals surface area contributed by atoms with E-state index in [2.05, 4.69) is 11.9 Å². The third-order valence-electron chi connectivity index (χ3n) is 2.74. The van der Waals surface area contributed by atoms with E-state index >= 15 is 0 Å². The molecule has 114 valence electrons. The third-order valence-corrected chi connectivity index (χ3v) is 2.98. The summed E-state index contributed by atoms with van der Waals surface area (Å²) in [5.41, 5.74) is 0. The van der Waals surface area contributed by atoms with Crippen LogP contribution in [-0.4, -0.2) is 60.6 Å². The Labute approximate surface area is 129 Å². The predicted molar refractivity (Wildman–Crippen MR) is 80.2 cm³/mol. The van der Waals surface area contributed by atoms with Crippen molar-refractivity contribution in [2.24, 2.45) is 0 Å². The third kappa shape index (κ3) is 8.32. The van der Waals surface area contributed by atoms with Crippen molar-refractivity contribution in [3.8, 4) is 0 Å². The minimum absolute atomic E-state index is 0. The lowest BCUT2D eigenvalue weighted by Crippen LogP contribution is -2.46. The van der Waals surface area contributed by atoms with Crippen LogP contribution >= 0.6 is 24.0 Å². The van der Waals surface area contributed by atoms with Gasteiger partial charge < -0.3 is 10.0 Å². The molecule has 1 aliphatic heterocycles. The van der Waals surface area contributed by atoms with Crippen molar-refractivity contribution in [3.05, 3.63) is 35.1 Å². The highest BCUT2D eigenvalue weighted by Gasteiger charge is 2.15. The van der Waals surface area contributed by atoms with Crippen molar-refractivity contribution < 1.29 is 14.3 Å². The van der Waals surface area contributed by atoms with E-state index in [9.17, 15) is 9.18 Å². The minimum Gasteiger partial charge on any atom is -0.480 e. The maximum atomic E-state index is 12.1. The summed E-state index contributed by atoms with van der Waals surface area (Å²) < 4.78 is 12.1. The van der Waals surface area contributed by atoms with Gasteiger partial charge in [0.2, 0.25) is 0 Å². The molecule has 1 aromatic rings. The summed E-state index contributed by atoms with van der Waals surface area (Å²) >= 11 is 5.40. The molecule has 1 heterocycles. The molecular formula is C13H19Cl2FN2O2. The van der Waals surface area contributed by atoms with Gasteiger partial charge in [-0.25, -0.2) is 4.39 Å². The Hall–Kier alpha value is -0.880. The number of piperazine rings is 1. The monoisotopic (exact) mass is 324 g/mol. The summed E-state index contributed by atoms with van der Waals surface area (Å²) in [4.78, 5) is 14.5.